The Morgan fingerprint density at radius 2 is 2.09 bits per heavy atom. The lowest BCUT2D eigenvalue weighted by atomic mass is 9.87. The fraction of sp³-hybridized carbons (Fsp3) is 0.520. The number of rotatable bonds is 8. The Hall–Kier alpha value is -3.24. The lowest BCUT2D eigenvalue weighted by molar-refractivity contribution is -0.00843. The van der Waals surface area contributed by atoms with Crippen molar-refractivity contribution >= 4 is 34.0 Å². The molecule has 3 aromatic heterocycles. The molecule has 35 heavy (non-hydrogen) atoms. The summed E-state index contributed by atoms with van der Waals surface area (Å²) in [5.74, 6) is 1.22. The summed E-state index contributed by atoms with van der Waals surface area (Å²) in [6.07, 6.45) is 6.28. The van der Waals surface area contributed by atoms with Crippen molar-refractivity contribution in [3.8, 4) is 0 Å². The second-order valence-electron chi connectivity index (χ2n) is 10.5. The maximum atomic E-state index is 6.32. The molecule has 4 heterocycles. The van der Waals surface area contributed by atoms with Gasteiger partial charge in [-0.2, -0.15) is 0 Å². The molecule has 0 radical (unpaired) electrons. The maximum Gasteiger partial charge on any atom is 0.201 e. The van der Waals surface area contributed by atoms with E-state index in [1.54, 1.807) is 6.33 Å². The number of nitrogens with two attached hydrogens (primary N) is 1. The monoisotopic (exact) mass is 477 g/mol. The SMILES string of the molecule is CN(CCCNc1nc2ccc(C(C)(C)C)cc2[nH]1)C[C@@H]1CCC(n2cnc3c(N)ncnc32)O1. The second kappa shape index (κ2) is 9.43. The summed E-state index contributed by atoms with van der Waals surface area (Å²) >= 11 is 0. The van der Waals surface area contributed by atoms with Crippen LogP contribution in [0.5, 0.6) is 0 Å². The van der Waals surface area contributed by atoms with Crippen LogP contribution in [0.25, 0.3) is 22.2 Å². The molecule has 1 saturated heterocycles. The van der Waals surface area contributed by atoms with E-state index in [0.717, 1.165) is 61.5 Å². The van der Waals surface area contributed by atoms with Crippen LogP contribution in [0.15, 0.2) is 30.9 Å². The summed E-state index contributed by atoms with van der Waals surface area (Å²) in [7, 11) is 2.15. The number of aromatic amines is 1. The van der Waals surface area contributed by atoms with Gasteiger partial charge in [0.1, 0.15) is 18.1 Å². The summed E-state index contributed by atoms with van der Waals surface area (Å²) in [6, 6.07) is 6.45. The average Bonchev–Trinajstić information content (AvgIpc) is 3.53. The molecule has 186 valence electrons. The number of anilines is 2. The van der Waals surface area contributed by atoms with Crippen LogP contribution in [-0.4, -0.2) is 67.2 Å². The number of benzene rings is 1. The predicted molar refractivity (Wildman–Crippen MR) is 138 cm³/mol. The van der Waals surface area contributed by atoms with Gasteiger partial charge in [0, 0.05) is 13.1 Å². The number of nitrogens with one attached hydrogen (secondary N) is 2. The number of imidazole rings is 2. The van der Waals surface area contributed by atoms with Gasteiger partial charge in [0.05, 0.1) is 23.5 Å². The number of fused-ring (bicyclic) bond motifs is 2. The van der Waals surface area contributed by atoms with E-state index in [4.69, 9.17) is 10.5 Å². The van der Waals surface area contributed by atoms with E-state index >= 15 is 0 Å². The summed E-state index contributed by atoms with van der Waals surface area (Å²) < 4.78 is 8.28. The number of hydrogen-bond acceptors (Lipinski definition) is 8. The molecule has 4 N–H and O–H groups in total. The van der Waals surface area contributed by atoms with E-state index in [2.05, 4.69) is 81.2 Å². The zero-order valence-electron chi connectivity index (χ0n) is 21.0. The third-order valence-electron chi connectivity index (χ3n) is 6.65. The highest BCUT2D eigenvalue weighted by molar-refractivity contribution is 5.81. The molecular formula is C25H35N9O. The zero-order valence-corrected chi connectivity index (χ0v) is 21.0. The minimum Gasteiger partial charge on any atom is -0.382 e. The van der Waals surface area contributed by atoms with Crippen molar-refractivity contribution in [3.63, 3.8) is 0 Å². The van der Waals surface area contributed by atoms with E-state index in [-0.39, 0.29) is 17.7 Å². The van der Waals surface area contributed by atoms with Crippen LogP contribution in [-0.2, 0) is 10.2 Å². The first-order chi connectivity index (χ1) is 16.8. The lowest BCUT2D eigenvalue weighted by Gasteiger charge is -2.21. The summed E-state index contributed by atoms with van der Waals surface area (Å²) in [6.45, 7) is 9.39. The van der Waals surface area contributed by atoms with E-state index in [1.165, 1.54) is 11.9 Å². The van der Waals surface area contributed by atoms with Crippen LogP contribution in [0.3, 0.4) is 0 Å². The Kier molecular flexibility index (Phi) is 6.33. The van der Waals surface area contributed by atoms with Crippen molar-refractivity contribution in [1.29, 1.82) is 0 Å². The summed E-state index contributed by atoms with van der Waals surface area (Å²) in [4.78, 5) is 23.1. The van der Waals surface area contributed by atoms with Crippen LogP contribution in [0.2, 0.25) is 0 Å². The van der Waals surface area contributed by atoms with Crippen LogP contribution >= 0.6 is 0 Å². The highest BCUT2D eigenvalue weighted by Crippen LogP contribution is 2.31. The van der Waals surface area contributed by atoms with Crippen molar-refractivity contribution in [2.75, 3.05) is 37.7 Å². The Labute approximate surface area is 205 Å². The van der Waals surface area contributed by atoms with E-state index in [1.807, 2.05) is 4.57 Å². The molecule has 1 aliphatic rings. The van der Waals surface area contributed by atoms with Gasteiger partial charge >= 0.3 is 0 Å². The number of hydrogen-bond donors (Lipinski definition) is 3. The Balaban J connectivity index is 1.08. The molecule has 0 spiro atoms. The minimum atomic E-state index is -0.0683. The quantitative estimate of drug-likeness (QED) is 0.328. The molecule has 2 atom stereocenters. The van der Waals surface area contributed by atoms with Crippen LogP contribution in [0, 0.1) is 0 Å². The highest BCUT2D eigenvalue weighted by atomic mass is 16.5. The second-order valence-corrected chi connectivity index (χ2v) is 10.5. The molecule has 0 bridgehead atoms. The van der Waals surface area contributed by atoms with Crippen molar-refractivity contribution in [2.24, 2.45) is 0 Å². The van der Waals surface area contributed by atoms with E-state index in [0.29, 0.717) is 11.3 Å². The molecule has 0 amide bonds. The van der Waals surface area contributed by atoms with Crippen molar-refractivity contribution < 1.29 is 4.74 Å². The van der Waals surface area contributed by atoms with Crippen LogP contribution in [0.4, 0.5) is 11.8 Å². The number of aromatic nitrogens is 6. The minimum absolute atomic E-state index is 0.0683. The first-order valence-electron chi connectivity index (χ1n) is 12.3. The van der Waals surface area contributed by atoms with Crippen LogP contribution in [0.1, 0.15) is 51.8 Å². The van der Waals surface area contributed by atoms with Gasteiger partial charge < -0.3 is 25.7 Å². The number of H-pyrrole nitrogens is 1. The van der Waals surface area contributed by atoms with E-state index < -0.39 is 0 Å². The lowest BCUT2D eigenvalue weighted by Crippen LogP contribution is -2.30. The summed E-state index contributed by atoms with van der Waals surface area (Å²) in [5.41, 5.74) is 10.8. The van der Waals surface area contributed by atoms with Gasteiger partial charge in [-0.25, -0.2) is 19.9 Å². The third kappa shape index (κ3) is 5.08. The molecule has 0 aliphatic carbocycles. The molecule has 1 aromatic carbocycles. The predicted octanol–water partition coefficient (Wildman–Crippen LogP) is 3.69. The average molecular weight is 478 g/mol. The normalized spacial score (nSPS) is 18.8. The number of likely N-dealkylation sites (N-methyl/N-ethyl adjacent to an activating group) is 1. The van der Waals surface area contributed by atoms with Crippen molar-refractivity contribution in [2.45, 2.75) is 57.8 Å². The molecule has 1 unspecified atom stereocenters. The van der Waals surface area contributed by atoms with Crippen LogP contribution < -0.4 is 11.1 Å². The first-order valence-corrected chi connectivity index (χ1v) is 12.3. The molecule has 10 heteroatoms. The molecular weight excluding hydrogens is 442 g/mol. The molecule has 1 fully saturated rings. The first kappa shape index (κ1) is 23.5. The van der Waals surface area contributed by atoms with Gasteiger partial charge in [-0.05, 0) is 56.0 Å². The Morgan fingerprint density at radius 1 is 1.23 bits per heavy atom. The molecule has 1 aliphatic heterocycles. The molecule has 5 rings (SSSR count). The van der Waals surface area contributed by atoms with Gasteiger partial charge in [0.15, 0.2) is 11.5 Å². The molecule has 4 aromatic rings. The Morgan fingerprint density at radius 3 is 2.91 bits per heavy atom. The molecule has 10 nitrogen and oxygen atoms in total. The smallest absolute Gasteiger partial charge is 0.201 e. The number of nitrogens with zero attached hydrogens (tertiary/aromatic N) is 6. The zero-order chi connectivity index (χ0) is 24.6. The Bertz CT molecular complexity index is 1310. The fourth-order valence-electron chi connectivity index (χ4n) is 4.66. The van der Waals surface area contributed by atoms with Gasteiger partial charge in [0.25, 0.3) is 0 Å². The molecule has 0 saturated carbocycles. The fourth-order valence-corrected chi connectivity index (χ4v) is 4.66. The largest absolute Gasteiger partial charge is 0.382 e. The van der Waals surface area contributed by atoms with E-state index in [9.17, 15) is 0 Å². The van der Waals surface area contributed by atoms with Gasteiger partial charge in [-0.3, -0.25) is 4.57 Å². The topological polar surface area (TPSA) is 123 Å². The number of ether oxygens (including phenoxy) is 1. The van der Waals surface area contributed by atoms with Crippen molar-refractivity contribution in [3.05, 3.63) is 36.4 Å². The number of nitrogen functional groups attached to an aromatic ring is 1. The summed E-state index contributed by atoms with van der Waals surface area (Å²) in [5, 5.41) is 3.43. The van der Waals surface area contributed by atoms with Crippen molar-refractivity contribution in [1.82, 2.24) is 34.4 Å². The standard InChI is InChI=1S/C25H35N9O/c1-25(2,3)16-6-8-18-19(12-16)32-24(31-18)27-10-5-11-33(4)13-17-7-9-20(35-17)34-15-30-21-22(26)28-14-29-23(21)34/h6,8,12,14-15,17,20H,5,7,9-11,13H2,1-4H3,(H2,26,28,29)(H2,27,31,32)/t17-,20?/m0/s1. The highest BCUT2D eigenvalue weighted by Gasteiger charge is 2.29. The maximum absolute atomic E-state index is 6.32. The van der Waals surface area contributed by atoms with Gasteiger partial charge in [-0.15, -0.1) is 0 Å². The van der Waals surface area contributed by atoms with Gasteiger partial charge in [0.2, 0.25) is 5.95 Å². The van der Waals surface area contributed by atoms with Gasteiger partial charge in [-0.1, -0.05) is 26.8 Å². The third-order valence-corrected chi connectivity index (χ3v) is 6.65.